The molecule has 0 amide bonds. The summed E-state index contributed by atoms with van der Waals surface area (Å²) in [6.45, 7) is 6.21. The lowest BCUT2D eigenvalue weighted by Gasteiger charge is -2.10. The van der Waals surface area contributed by atoms with Crippen molar-refractivity contribution in [2.24, 2.45) is 0 Å². The third-order valence-electron chi connectivity index (χ3n) is 2.58. The number of thioether (sulfide) groups is 1. The Kier molecular flexibility index (Phi) is 4.27. The van der Waals surface area contributed by atoms with Crippen LogP contribution in [-0.2, 0) is 17.8 Å². The Hall–Kier alpha value is -1.33. The van der Waals surface area contributed by atoms with Crippen molar-refractivity contribution < 1.29 is 9.52 Å². The van der Waals surface area contributed by atoms with E-state index in [4.69, 9.17) is 9.52 Å². The first kappa shape index (κ1) is 14.1. The lowest BCUT2D eigenvalue weighted by Crippen LogP contribution is -2.11. The molecule has 19 heavy (non-hydrogen) atoms. The molecule has 0 saturated carbocycles. The maximum atomic E-state index is 8.98. The highest BCUT2D eigenvalue weighted by atomic mass is 32.2. The first-order valence-corrected chi connectivity index (χ1v) is 7.13. The Morgan fingerprint density at radius 2 is 1.84 bits per heavy atom. The highest BCUT2D eigenvalue weighted by Gasteiger charge is 2.21. The molecule has 1 aromatic heterocycles. The van der Waals surface area contributed by atoms with Crippen LogP contribution < -0.4 is 0 Å². The van der Waals surface area contributed by atoms with Gasteiger partial charge in [0.2, 0.25) is 11.8 Å². The Bertz CT molecular complexity index is 529. The van der Waals surface area contributed by atoms with Gasteiger partial charge in [-0.05, 0) is 17.7 Å². The minimum absolute atomic E-state index is 0.0730. The fraction of sp³-hybridized carbons (Fsp3) is 0.429. The largest absolute Gasteiger partial charge is 0.424 e. The van der Waals surface area contributed by atoms with Crippen molar-refractivity contribution in [2.45, 2.75) is 43.4 Å². The zero-order valence-electron chi connectivity index (χ0n) is 11.4. The normalized spacial score (nSPS) is 11.8. The molecule has 0 radical (unpaired) electrons. The van der Waals surface area contributed by atoms with Gasteiger partial charge in [0, 0.05) is 10.3 Å². The minimum Gasteiger partial charge on any atom is -0.424 e. The fourth-order valence-electron chi connectivity index (χ4n) is 1.45. The molecular weight excluding hydrogens is 260 g/mol. The van der Waals surface area contributed by atoms with E-state index in [9.17, 15) is 0 Å². The molecule has 5 heteroatoms. The van der Waals surface area contributed by atoms with Gasteiger partial charge < -0.3 is 9.52 Å². The Balaban J connectivity index is 1.96. The van der Waals surface area contributed by atoms with Crippen molar-refractivity contribution in [3.8, 4) is 0 Å². The van der Waals surface area contributed by atoms with Crippen LogP contribution in [0.3, 0.4) is 0 Å². The van der Waals surface area contributed by atoms with Crippen LogP contribution in [0.1, 0.15) is 38.1 Å². The fourth-order valence-corrected chi connectivity index (χ4v) is 2.19. The van der Waals surface area contributed by atoms with E-state index in [0.29, 0.717) is 17.5 Å². The van der Waals surface area contributed by atoms with Crippen molar-refractivity contribution in [1.29, 1.82) is 0 Å². The molecule has 0 aliphatic rings. The maximum Gasteiger partial charge on any atom is 0.226 e. The summed E-state index contributed by atoms with van der Waals surface area (Å²) >= 11 is 1.64. The first-order valence-electron chi connectivity index (χ1n) is 6.14. The van der Waals surface area contributed by atoms with Gasteiger partial charge in [0.25, 0.3) is 0 Å². The zero-order chi connectivity index (χ0) is 13.9. The predicted molar refractivity (Wildman–Crippen MR) is 74.9 cm³/mol. The second kappa shape index (κ2) is 5.75. The van der Waals surface area contributed by atoms with Crippen LogP contribution in [0.25, 0.3) is 0 Å². The van der Waals surface area contributed by atoms with E-state index in [1.807, 2.05) is 45.0 Å². The molecule has 4 nitrogen and oxygen atoms in total. The molecule has 0 unspecified atom stereocenters. The zero-order valence-corrected chi connectivity index (χ0v) is 12.2. The van der Waals surface area contributed by atoms with Gasteiger partial charge in [0.15, 0.2) is 0 Å². The second-order valence-electron chi connectivity index (χ2n) is 5.34. The maximum absolute atomic E-state index is 8.98. The third-order valence-corrected chi connectivity index (χ3v) is 3.57. The summed E-state index contributed by atoms with van der Waals surface area (Å²) in [5.74, 6) is 1.96. The molecule has 1 heterocycles. The number of benzene rings is 1. The molecule has 2 rings (SSSR count). The van der Waals surface area contributed by atoms with Crippen molar-refractivity contribution in [3.63, 3.8) is 0 Å². The lowest BCUT2D eigenvalue weighted by atomic mass is 9.97. The highest BCUT2D eigenvalue weighted by molar-refractivity contribution is 7.98. The summed E-state index contributed by atoms with van der Waals surface area (Å²) in [5, 5.41) is 17.1. The monoisotopic (exact) mass is 278 g/mol. The van der Waals surface area contributed by atoms with Crippen LogP contribution >= 0.6 is 11.8 Å². The van der Waals surface area contributed by atoms with E-state index in [1.165, 1.54) is 0 Å². The smallest absolute Gasteiger partial charge is 0.226 e. The summed E-state index contributed by atoms with van der Waals surface area (Å²) in [4.78, 5) is 1.12. The molecule has 0 aliphatic heterocycles. The Labute approximate surface area is 117 Å². The van der Waals surface area contributed by atoms with E-state index in [2.05, 4.69) is 10.2 Å². The molecule has 0 spiro atoms. The van der Waals surface area contributed by atoms with E-state index in [0.717, 1.165) is 10.5 Å². The van der Waals surface area contributed by atoms with Gasteiger partial charge >= 0.3 is 0 Å². The number of aliphatic hydroxyl groups is 1. The lowest BCUT2D eigenvalue weighted by molar-refractivity contribution is 0.282. The van der Waals surface area contributed by atoms with Crippen molar-refractivity contribution in [3.05, 3.63) is 41.6 Å². The molecule has 0 saturated heterocycles. The average molecular weight is 278 g/mol. The van der Waals surface area contributed by atoms with Crippen LogP contribution in [-0.4, -0.2) is 15.3 Å². The second-order valence-corrected chi connectivity index (χ2v) is 6.39. The molecular formula is C14H18N2O2S. The van der Waals surface area contributed by atoms with Gasteiger partial charge in [-0.25, -0.2) is 0 Å². The number of hydrogen-bond acceptors (Lipinski definition) is 5. The summed E-state index contributed by atoms with van der Waals surface area (Å²) in [6.07, 6.45) is 0. The van der Waals surface area contributed by atoms with Gasteiger partial charge in [-0.3, -0.25) is 0 Å². The molecule has 0 bridgehead atoms. The van der Waals surface area contributed by atoms with E-state index in [-0.39, 0.29) is 12.0 Å². The van der Waals surface area contributed by atoms with Crippen LogP contribution in [0.2, 0.25) is 0 Å². The van der Waals surface area contributed by atoms with Gasteiger partial charge in [0.1, 0.15) is 0 Å². The molecule has 1 N–H and O–H groups in total. The molecule has 0 aliphatic carbocycles. The van der Waals surface area contributed by atoms with Crippen molar-refractivity contribution in [1.82, 2.24) is 10.2 Å². The van der Waals surface area contributed by atoms with Crippen LogP contribution in [0.4, 0.5) is 0 Å². The topological polar surface area (TPSA) is 59.2 Å². The standard InChI is InChI=1S/C14H18N2O2S/c1-14(2,3)13-16-15-12(18-13)9-19-11-6-4-10(8-17)5-7-11/h4-7,17H,8-9H2,1-3H3. The third kappa shape index (κ3) is 3.81. The van der Waals surface area contributed by atoms with E-state index < -0.39 is 0 Å². The van der Waals surface area contributed by atoms with Gasteiger partial charge in [0.05, 0.1) is 12.4 Å². The quantitative estimate of drug-likeness (QED) is 0.871. The molecule has 1 aromatic carbocycles. The van der Waals surface area contributed by atoms with Crippen LogP contribution in [0, 0.1) is 0 Å². The summed E-state index contributed by atoms with van der Waals surface area (Å²) in [6, 6.07) is 7.79. The summed E-state index contributed by atoms with van der Waals surface area (Å²) in [5.41, 5.74) is 0.802. The number of aromatic nitrogens is 2. The van der Waals surface area contributed by atoms with Gasteiger partial charge in [-0.1, -0.05) is 32.9 Å². The molecule has 0 fully saturated rings. The summed E-state index contributed by atoms with van der Waals surface area (Å²) < 4.78 is 5.63. The van der Waals surface area contributed by atoms with Crippen LogP contribution in [0.5, 0.6) is 0 Å². The van der Waals surface area contributed by atoms with E-state index >= 15 is 0 Å². The van der Waals surface area contributed by atoms with E-state index in [1.54, 1.807) is 11.8 Å². The molecule has 0 atom stereocenters. The highest BCUT2D eigenvalue weighted by Crippen LogP contribution is 2.25. The number of hydrogen-bond donors (Lipinski definition) is 1. The molecule has 102 valence electrons. The molecule has 2 aromatic rings. The first-order chi connectivity index (χ1) is 8.99. The Morgan fingerprint density at radius 1 is 1.16 bits per heavy atom. The van der Waals surface area contributed by atoms with Crippen molar-refractivity contribution >= 4 is 11.8 Å². The van der Waals surface area contributed by atoms with Crippen molar-refractivity contribution in [2.75, 3.05) is 0 Å². The number of nitrogens with zero attached hydrogens (tertiary/aromatic N) is 2. The predicted octanol–water partition coefficient (Wildman–Crippen LogP) is 3.15. The average Bonchev–Trinajstić information content (AvgIpc) is 2.86. The minimum atomic E-state index is -0.112. The SMILES string of the molecule is CC(C)(C)c1nnc(CSc2ccc(CO)cc2)o1. The van der Waals surface area contributed by atoms with Gasteiger partial charge in [-0.15, -0.1) is 22.0 Å². The van der Waals surface area contributed by atoms with Crippen LogP contribution in [0.15, 0.2) is 33.6 Å². The van der Waals surface area contributed by atoms with Gasteiger partial charge in [-0.2, -0.15) is 0 Å². The Morgan fingerprint density at radius 3 is 2.37 bits per heavy atom. The number of aliphatic hydroxyl groups excluding tert-OH is 1. The summed E-state index contributed by atoms with van der Waals surface area (Å²) in [7, 11) is 0. The number of rotatable bonds is 4.